The molecule has 1 rings (SSSR count). The molecule has 0 saturated heterocycles. The third kappa shape index (κ3) is 5.95. The fourth-order valence-electron chi connectivity index (χ4n) is 1.50. The normalized spacial score (nSPS) is 11.0. The van der Waals surface area contributed by atoms with Crippen LogP contribution in [-0.2, 0) is 9.53 Å². The maximum Gasteiger partial charge on any atom is 0.254 e. The molecule has 0 aliphatic carbocycles. The monoisotopic (exact) mass is 313 g/mol. The Kier molecular flexibility index (Phi) is 9.03. The fraction of sp³-hybridized carbons (Fsp3) is 0.286. The largest absolute Gasteiger partial charge is 0.370 e. The van der Waals surface area contributed by atoms with Crippen LogP contribution < -0.4 is 16.4 Å². The first-order valence-corrected chi connectivity index (χ1v) is 6.15. The van der Waals surface area contributed by atoms with Crippen molar-refractivity contribution < 1.29 is 14.3 Å². The number of benzene rings is 1. The smallest absolute Gasteiger partial charge is 0.254 e. The minimum absolute atomic E-state index is 0. The maximum atomic E-state index is 11.7. The molecule has 0 spiro atoms. The Morgan fingerprint density at radius 2 is 2.00 bits per heavy atom. The molecule has 0 aliphatic heterocycles. The summed E-state index contributed by atoms with van der Waals surface area (Å²) in [5.74, 6) is -0.515. The number of nitrogens with two attached hydrogens (primary N) is 1. The van der Waals surface area contributed by atoms with Crippen LogP contribution in [0.1, 0.15) is 10.4 Å². The first-order chi connectivity index (χ1) is 9.62. The Hall–Kier alpha value is -1.89. The molecule has 7 heteroatoms. The van der Waals surface area contributed by atoms with Crippen LogP contribution in [0.4, 0.5) is 5.69 Å². The lowest BCUT2D eigenvalue weighted by atomic mass is 10.2. The minimum Gasteiger partial charge on any atom is -0.370 e. The van der Waals surface area contributed by atoms with E-state index in [-0.39, 0.29) is 30.8 Å². The molecule has 1 aromatic carbocycles. The second kappa shape index (κ2) is 9.93. The first kappa shape index (κ1) is 19.1. The van der Waals surface area contributed by atoms with Gasteiger partial charge in [0.05, 0.1) is 0 Å². The van der Waals surface area contributed by atoms with E-state index in [0.29, 0.717) is 17.8 Å². The number of rotatable bonds is 7. The Morgan fingerprint density at radius 1 is 1.38 bits per heavy atom. The van der Waals surface area contributed by atoms with Gasteiger partial charge in [-0.25, -0.2) is 0 Å². The van der Waals surface area contributed by atoms with Gasteiger partial charge in [-0.05, 0) is 24.3 Å². The van der Waals surface area contributed by atoms with Gasteiger partial charge in [-0.2, -0.15) is 0 Å². The molecule has 4 N–H and O–H groups in total. The Bertz CT molecular complexity index is 473. The zero-order valence-electron chi connectivity index (χ0n) is 11.8. The van der Waals surface area contributed by atoms with E-state index >= 15 is 0 Å². The number of nitrogens with one attached hydrogen (secondary N) is 2. The van der Waals surface area contributed by atoms with E-state index in [9.17, 15) is 9.59 Å². The van der Waals surface area contributed by atoms with Crippen molar-refractivity contribution in [2.45, 2.75) is 6.10 Å². The van der Waals surface area contributed by atoms with Crippen LogP contribution in [0.15, 0.2) is 36.9 Å². The summed E-state index contributed by atoms with van der Waals surface area (Å²) < 4.78 is 4.93. The number of halogens is 1. The molecule has 116 valence electrons. The van der Waals surface area contributed by atoms with Crippen LogP contribution in [0.5, 0.6) is 0 Å². The number of carbonyl (C=O) groups excluding carboxylic acids is 2. The van der Waals surface area contributed by atoms with Crippen molar-refractivity contribution in [3.05, 3.63) is 42.5 Å². The number of anilines is 1. The first-order valence-electron chi connectivity index (χ1n) is 6.15. The van der Waals surface area contributed by atoms with Gasteiger partial charge in [-0.1, -0.05) is 6.08 Å². The van der Waals surface area contributed by atoms with Crippen molar-refractivity contribution >= 4 is 29.9 Å². The molecule has 2 amide bonds. The number of methoxy groups -OCH3 is 1. The van der Waals surface area contributed by atoms with Gasteiger partial charge < -0.3 is 21.1 Å². The summed E-state index contributed by atoms with van der Waals surface area (Å²) in [6, 6.07) is 6.53. The zero-order valence-corrected chi connectivity index (χ0v) is 12.6. The molecule has 1 atom stereocenters. The summed E-state index contributed by atoms with van der Waals surface area (Å²) in [6.45, 7) is 4.03. The predicted molar refractivity (Wildman–Crippen MR) is 84.7 cm³/mol. The summed E-state index contributed by atoms with van der Waals surface area (Å²) in [4.78, 5) is 23.4. The number of hydrogen-bond donors (Lipinski definition) is 3. The standard InChI is InChI=1S/C14H19N3O3.ClH/c1-3-8-16-13(18)10-4-6-11(7-5-10)17-14(19)12(9-15)20-2;/h3-7,12H,1,8-9,15H2,2H3,(H,16,18)(H,17,19);1H. The van der Waals surface area contributed by atoms with E-state index in [2.05, 4.69) is 17.2 Å². The lowest BCUT2D eigenvalue weighted by molar-refractivity contribution is -0.125. The van der Waals surface area contributed by atoms with Crippen LogP contribution in [0, 0.1) is 0 Å². The van der Waals surface area contributed by atoms with Crippen LogP contribution in [-0.4, -0.2) is 38.1 Å². The molecular formula is C14H20ClN3O3. The van der Waals surface area contributed by atoms with Crippen molar-refractivity contribution in [2.75, 3.05) is 25.5 Å². The van der Waals surface area contributed by atoms with E-state index in [4.69, 9.17) is 10.5 Å². The number of amides is 2. The van der Waals surface area contributed by atoms with Crippen molar-refractivity contribution in [1.82, 2.24) is 5.32 Å². The van der Waals surface area contributed by atoms with Gasteiger partial charge in [-0.15, -0.1) is 19.0 Å². The molecular weight excluding hydrogens is 294 g/mol. The van der Waals surface area contributed by atoms with E-state index in [0.717, 1.165) is 0 Å². The van der Waals surface area contributed by atoms with Gasteiger partial charge in [0.25, 0.3) is 11.8 Å². The van der Waals surface area contributed by atoms with Gasteiger partial charge in [0.15, 0.2) is 0 Å². The van der Waals surface area contributed by atoms with E-state index in [1.54, 1.807) is 30.3 Å². The SMILES string of the molecule is C=CCNC(=O)c1ccc(NC(=O)C(CN)OC)cc1.Cl. The van der Waals surface area contributed by atoms with Crippen molar-refractivity contribution in [3.8, 4) is 0 Å². The molecule has 0 heterocycles. The molecule has 1 unspecified atom stereocenters. The number of carbonyl (C=O) groups is 2. The van der Waals surface area contributed by atoms with Gasteiger partial charge >= 0.3 is 0 Å². The molecule has 0 fully saturated rings. The Labute approximate surface area is 130 Å². The quantitative estimate of drug-likeness (QED) is 0.653. The Balaban J connectivity index is 0.00000400. The van der Waals surface area contributed by atoms with Crippen LogP contribution in [0.3, 0.4) is 0 Å². The zero-order chi connectivity index (χ0) is 15.0. The van der Waals surface area contributed by atoms with Crippen molar-refractivity contribution in [1.29, 1.82) is 0 Å². The predicted octanol–water partition coefficient (Wildman–Crippen LogP) is 0.936. The third-order valence-electron chi connectivity index (χ3n) is 2.61. The summed E-state index contributed by atoms with van der Waals surface area (Å²) in [6.07, 6.45) is 0.912. The molecule has 0 saturated carbocycles. The molecule has 6 nitrogen and oxygen atoms in total. The number of ether oxygens (including phenoxy) is 1. The maximum absolute atomic E-state index is 11.7. The molecule has 0 aliphatic rings. The molecule has 0 bridgehead atoms. The molecule has 0 radical (unpaired) electrons. The average Bonchev–Trinajstić information content (AvgIpc) is 2.46. The topological polar surface area (TPSA) is 93.5 Å². The van der Waals surface area contributed by atoms with E-state index in [1.165, 1.54) is 7.11 Å². The highest BCUT2D eigenvalue weighted by molar-refractivity contribution is 5.97. The van der Waals surface area contributed by atoms with Crippen LogP contribution >= 0.6 is 12.4 Å². The van der Waals surface area contributed by atoms with Gasteiger partial charge in [0, 0.05) is 31.5 Å². The summed E-state index contributed by atoms with van der Waals surface area (Å²) in [7, 11) is 1.42. The van der Waals surface area contributed by atoms with Gasteiger partial charge in [0.1, 0.15) is 6.10 Å². The highest BCUT2D eigenvalue weighted by atomic mass is 35.5. The van der Waals surface area contributed by atoms with Crippen LogP contribution in [0.25, 0.3) is 0 Å². The van der Waals surface area contributed by atoms with Crippen LogP contribution in [0.2, 0.25) is 0 Å². The van der Waals surface area contributed by atoms with E-state index < -0.39 is 6.10 Å². The third-order valence-corrected chi connectivity index (χ3v) is 2.61. The second-order valence-electron chi connectivity index (χ2n) is 4.03. The molecule has 0 aromatic heterocycles. The van der Waals surface area contributed by atoms with Crippen molar-refractivity contribution in [3.63, 3.8) is 0 Å². The average molecular weight is 314 g/mol. The number of hydrogen-bond acceptors (Lipinski definition) is 4. The van der Waals surface area contributed by atoms with Crippen molar-refractivity contribution in [2.24, 2.45) is 5.73 Å². The lowest BCUT2D eigenvalue weighted by Gasteiger charge is -2.13. The minimum atomic E-state index is -0.689. The fourth-order valence-corrected chi connectivity index (χ4v) is 1.50. The molecule has 21 heavy (non-hydrogen) atoms. The second-order valence-corrected chi connectivity index (χ2v) is 4.03. The Morgan fingerprint density at radius 3 is 2.48 bits per heavy atom. The summed E-state index contributed by atoms with van der Waals surface area (Å²) >= 11 is 0. The van der Waals surface area contributed by atoms with Gasteiger partial charge in [0.2, 0.25) is 0 Å². The highest BCUT2D eigenvalue weighted by Crippen LogP contribution is 2.10. The highest BCUT2D eigenvalue weighted by Gasteiger charge is 2.15. The summed E-state index contributed by atoms with van der Waals surface area (Å²) in [5, 5.41) is 5.33. The van der Waals surface area contributed by atoms with E-state index in [1.807, 2.05) is 0 Å². The van der Waals surface area contributed by atoms with Gasteiger partial charge in [-0.3, -0.25) is 9.59 Å². The summed E-state index contributed by atoms with van der Waals surface area (Å²) in [5.41, 5.74) is 6.48. The molecule has 1 aromatic rings. The lowest BCUT2D eigenvalue weighted by Crippen LogP contribution is -2.35.